The van der Waals surface area contributed by atoms with E-state index in [0.717, 1.165) is 6.07 Å². The predicted octanol–water partition coefficient (Wildman–Crippen LogP) is 2.99. The molecule has 6 N–H and O–H groups in total. The summed E-state index contributed by atoms with van der Waals surface area (Å²) in [5.41, 5.74) is 13.7. The van der Waals surface area contributed by atoms with Gasteiger partial charge in [-0.15, -0.1) is 0 Å². The summed E-state index contributed by atoms with van der Waals surface area (Å²) in [5.74, 6) is -3.88. The molecule has 1 heterocycles. The first-order valence-corrected chi connectivity index (χ1v) is 10.8. The Labute approximate surface area is 203 Å². The highest BCUT2D eigenvalue weighted by Crippen LogP contribution is 2.39. The zero-order valence-electron chi connectivity index (χ0n) is 19.1. The number of H-pyrrole nitrogens is 1. The van der Waals surface area contributed by atoms with Gasteiger partial charge in [-0.3, -0.25) is 14.9 Å². The number of carbonyl (C=O) groups excluding carboxylic acids is 1. The number of aromatic amines is 1. The van der Waals surface area contributed by atoms with Crippen molar-refractivity contribution in [2.75, 3.05) is 7.11 Å². The number of nitrogens with zero attached hydrogens (tertiary/aromatic N) is 3. The Balaban J connectivity index is 1.60. The SMILES string of the molecule is COc1ccc(F)cc1C(=O)NCc1ccc(/C(N)=C(\C#N)C(N)=NC2CC(F)(F)C2)c2cn[nH]c12. The van der Waals surface area contributed by atoms with Crippen LogP contribution >= 0.6 is 0 Å². The molecule has 0 unspecified atom stereocenters. The van der Waals surface area contributed by atoms with Crippen LogP contribution in [0.4, 0.5) is 13.2 Å². The van der Waals surface area contributed by atoms with Gasteiger partial charge in [-0.05, 0) is 23.8 Å². The highest BCUT2D eigenvalue weighted by molar-refractivity contribution is 6.09. The quantitative estimate of drug-likeness (QED) is 0.223. The first-order valence-electron chi connectivity index (χ1n) is 10.8. The number of alkyl halides is 2. The molecule has 0 atom stereocenters. The summed E-state index contributed by atoms with van der Waals surface area (Å²) in [7, 11) is 1.38. The Morgan fingerprint density at radius 1 is 1.31 bits per heavy atom. The molecule has 0 aliphatic heterocycles. The summed E-state index contributed by atoms with van der Waals surface area (Å²) in [6, 6.07) is 8.15. The number of amides is 1. The molecule has 1 saturated carbocycles. The van der Waals surface area contributed by atoms with E-state index in [9.17, 15) is 23.2 Å². The largest absolute Gasteiger partial charge is 0.496 e. The minimum absolute atomic E-state index is 0.0105. The number of benzene rings is 2. The number of hydrogen-bond donors (Lipinski definition) is 4. The Kier molecular flexibility index (Phi) is 6.57. The highest BCUT2D eigenvalue weighted by Gasteiger charge is 2.45. The number of hydrogen-bond acceptors (Lipinski definition) is 6. The maximum Gasteiger partial charge on any atom is 0.255 e. The molecule has 1 amide bonds. The lowest BCUT2D eigenvalue weighted by Crippen LogP contribution is -2.39. The maximum atomic E-state index is 13.6. The van der Waals surface area contributed by atoms with Gasteiger partial charge >= 0.3 is 0 Å². The summed E-state index contributed by atoms with van der Waals surface area (Å²) >= 11 is 0. The number of halogens is 3. The fourth-order valence-electron chi connectivity index (χ4n) is 3.98. The fraction of sp³-hybridized carbons (Fsp3) is 0.250. The number of fused-ring (bicyclic) bond motifs is 1. The van der Waals surface area contributed by atoms with Gasteiger partial charge in [0.15, 0.2) is 0 Å². The molecule has 36 heavy (non-hydrogen) atoms. The van der Waals surface area contributed by atoms with Crippen LogP contribution in [-0.2, 0) is 6.54 Å². The Bertz CT molecular complexity index is 1430. The summed E-state index contributed by atoms with van der Waals surface area (Å²) in [5, 5.41) is 19.7. The lowest BCUT2D eigenvalue weighted by Gasteiger charge is -2.32. The summed E-state index contributed by atoms with van der Waals surface area (Å²) in [6.07, 6.45) is 0.633. The van der Waals surface area contributed by atoms with Crippen LogP contribution in [0.1, 0.15) is 34.3 Å². The van der Waals surface area contributed by atoms with E-state index in [1.165, 1.54) is 25.4 Å². The molecule has 2 aromatic carbocycles. The molecule has 1 aliphatic rings. The van der Waals surface area contributed by atoms with Crippen molar-refractivity contribution in [3.63, 3.8) is 0 Å². The van der Waals surface area contributed by atoms with E-state index in [1.54, 1.807) is 12.1 Å². The van der Waals surface area contributed by atoms with Crippen molar-refractivity contribution >= 4 is 28.3 Å². The average molecular weight is 497 g/mol. The van der Waals surface area contributed by atoms with Gasteiger partial charge in [0.05, 0.1) is 36.1 Å². The van der Waals surface area contributed by atoms with Crippen molar-refractivity contribution in [2.24, 2.45) is 16.5 Å². The van der Waals surface area contributed by atoms with Crippen LogP contribution in [0, 0.1) is 17.1 Å². The van der Waals surface area contributed by atoms with Crippen molar-refractivity contribution in [2.45, 2.75) is 31.4 Å². The number of rotatable bonds is 7. The molecule has 12 heteroatoms. The third-order valence-electron chi connectivity index (χ3n) is 5.86. The van der Waals surface area contributed by atoms with Crippen molar-refractivity contribution in [1.82, 2.24) is 15.5 Å². The van der Waals surface area contributed by atoms with Gasteiger partial charge in [0.25, 0.3) is 11.8 Å². The van der Waals surface area contributed by atoms with E-state index >= 15 is 0 Å². The molecule has 0 radical (unpaired) electrons. The van der Waals surface area contributed by atoms with Gasteiger partial charge in [0.1, 0.15) is 29.0 Å². The van der Waals surface area contributed by atoms with Crippen molar-refractivity contribution in [3.05, 3.63) is 64.6 Å². The zero-order valence-corrected chi connectivity index (χ0v) is 19.1. The molecular weight excluding hydrogens is 475 g/mol. The van der Waals surface area contributed by atoms with E-state index in [0.29, 0.717) is 22.0 Å². The van der Waals surface area contributed by atoms with Crippen molar-refractivity contribution in [3.8, 4) is 11.8 Å². The Morgan fingerprint density at radius 3 is 2.72 bits per heavy atom. The highest BCUT2D eigenvalue weighted by atomic mass is 19.3. The molecule has 0 bridgehead atoms. The van der Waals surface area contributed by atoms with E-state index in [4.69, 9.17) is 16.2 Å². The van der Waals surface area contributed by atoms with E-state index < -0.39 is 36.5 Å². The molecule has 186 valence electrons. The Hall–Kier alpha value is -4.53. The topological polar surface area (TPSA) is 155 Å². The summed E-state index contributed by atoms with van der Waals surface area (Å²) < 4.78 is 45.0. The average Bonchev–Trinajstić information content (AvgIpc) is 3.31. The van der Waals surface area contributed by atoms with Crippen LogP contribution in [0.15, 0.2) is 47.1 Å². The van der Waals surface area contributed by atoms with Crippen LogP contribution in [0.5, 0.6) is 5.75 Å². The number of ether oxygens (including phenoxy) is 1. The normalized spacial score (nSPS) is 16.1. The van der Waals surface area contributed by atoms with Gasteiger partial charge in [-0.25, -0.2) is 13.2 Å². The van der Waals surface area contributed by atoms with Gasteiger partial charge in [0.2, 0.25) is 0 Å². The number of aliphatic imine (C=N–C) groups is 1. The lowest BCUT2D eigenvalue weighted by atomic mass is 9.88. The van der Waals surface area contributed by atoms with Gasteiger partial charge < -0.3 is 21.5 Å². The lowest BCUT2D eigenvalue weighted by molar-refractivity contribution is -0.0834. The summed E-state index contributed by atoms with van der Waals surface area (Å²) in [4.78, 5) is 16.7. The van der Waals surface area contributed by atoms with Crippen LogP contribution in [0.2, 0.25) is 0 Å². The number of nitriles is 1. The fourth-order valence-corrected chi connectivity index (χ4v) is 3.98. The number of carbonyl (C=O) groups is 1. The van der Waals surface area contributed by atoms with Crippen LogP contribution in [-0.4, -0.2) is 41.0 Å². The van der Waals surface area contributed by atoms with Gasteiger partial charge in [0, 0.05) is 30.3 Å². The predicted molar refractivity (Wildman–Crippen MR) is 127 cm³/mol. The van der Waals surface area contributed by atoms with E-state index in [2.05, 4.69) is 20.5 Å². The minimum atomic E-state index is -2.77. The number of aromatic nitrogens is 2. The summed E-state index contributed by atoms with van der Waals surface area (Å²) in [6.45, 7) is 0.0612. The third kappa shape index (κ3) is 4.81. The second-order valence-electron chi connectivity index (χ2n) is 8.29. The number of methoxy groups -OCH3 is 1. The monoisotopic (exact) mass is 497 g/mol. The first kappa shape index (κ1) is 24.6. The zero-order chi connectivity index (χ0) is 26.0. The Morgan fingerprint density at radius 2 is 2.06 bits per heavy atom. The standard InChI is InChI=1S/C24H22F3N7O2/c1-36-19-5-3-13(25)6-16(19)23(35)31-10-12-2-4-15(18-11-32-34-21(12)18)20(29)17(9-28)22(30)33-14-7-24(26,27)8-14/h2-6,11,14H,7-8,10,29H2,1H3,(H2,30,33)(H,31,35)(H,32,34)/b20-17-. The molecular formula is C24H22F3N7O2. The number of nitrogens with two attached hydrogens (primary N) is 2. The van der Waals surface area contributed by atoms with Crippen molar-refractivity contribution < 1.29 is 22.7 Å². The second kappa shape index (κ2) is 9.61. The molecule has 1 fully saturated rings. The van der Waals surface area contributed by atoms with Crippen LogP contribution in [0.25, 0.3) is 16.6 Å². The molecule has 3 aromatic rings. The minimum Gasteiger partial charge on any atom is -0.496 e. The van der Waals surface area contributed by atoms with Crippen molar-refractivity contribution in [1.29, 1.82) is 5.26 Å². The van der Waals surface area contributed by atoms with Gasteiger partial charge in [-0.2, -0.15) is 10.4 Å². The number of nitrogens with one attached hydrogen (secondary N) is 2. The van der Waals surface area contributed by atoms with E-state index in [1.807, 2.05) is 6.07 Å². The molecule has 9 nitrogen and oxygen atoms in total. The molecule has 1 aliphatic carbocycles. The van der Waals surface area contributed by atoms with Gasteiger partial charge in [-0.1, -0.05) is 12.1 Å². The van der Waals surface area contributed by atoms with E-state index in [-0.39, 0.29) is 35.0 Å². The third-order valence-corrected chi connectivity index (χ3v) is 5.86. The first-order chi connectivity index (χ1) is 17.1. The molecule has 4 rings (SSSR count). The molecule has 1 aromatic heterocycles. The maximum absolute atomic E-state index is 13.6. The molecule has 0 saturated heterocycles. The smallest absolute Gasteiger partial charge is 0.255 e. The van der Waals surface area contributed by atoms with Crippen LogP contribution < -0.4 is 21.5 Å². The number of amidine groups is 1. The second-order valence-corrected chi connectivity index (χ2v) is 8.29. The molecule has 0 spiro atoms. The van der Waals surface area contributed by atoms with Crippen LogP contribution in [0.3, 0.4) is 0 Å².